The van der Waals surface area contributed by atoms with Gasteiger partial charge < -0.3 is 9.84 Å². The summed E-state index contributed by atoms with van der Waals surface area (Å²) in [6, 6.07) is 0.319. The van der Waals surface area contributed by atoms with Crippen molar-refractivity contribution in [3.05, 3.63) is 36.0 Å². The number of aromatic nitrogens is 4. The summed E-state index contributed by atoms with van der Waals surface area (Å²) in [5.41, 5.74) is 0.751. The van der Waals surface area contributed by atoms with E-state index in [-0.39, 0.29) is 0 Å². The van der Waals surface area contributed by atoms with Crippen LogP contribution in [0.3, 0.4) is 0 Å². The topological polar surface area (TPSA) is 76.7 Å². The molecule has 2 aromatic rings. The van der Waals surface area contributed by atoms with E-state index in [0.717, 1.165) is 12.1 Å². The van der Waals surface area contributed by atoms with Crippen LogP contribution in [-0.4, -0.2) is 33.2 Å². The van der Waals surface area contributed by atoms with E-state index in [9.17, 15) is 0 Å². The van der Waals surface area contributed by atoms with Crippen molar-refractivity contribution >= 4 is 12.2 Å². The van der Waals surface area contributed by atoms with Gasteiger partial charge in [0.25, 0.3) is 5.89 Å². The molecule has 6 nitrogen and oxygen atoms in total. The minimum absolute atomic E-state index is 0.319. The highest BCUT2D eigenvalue weighted by Gasteiger charge is 2.07. The molecule has 1 unspecified atom stereocenters. The minimum Gasteiger partial charge on any atom is -0.335 e. The molecule has 1 atom stereocenters. The van der Waals surface area contributed by atoms with Crippen LogP contribution in [0.4, 0.5) is 0 Å². The first-order valence-corrected chi connectivity index (χ1v) is 5.72. The maximum atomic E-state index is 5.11. The van der Waals surface area contributed by atoms with E-state index in [0.29, 0.717) is 17.8 Å². The molecular weight excluding hydrogens is 230 g/mol. The van der Waals surface area contributed by atoms with Crippen molar-refractivity contribution < 1.29 is 4.52 Å². The van der Waals surface area contributed by atoms with Crippen molar-refractivity contribution in [3.63, 3.8) is 0 Å². The lowest BCUT2D eigenvalue weighted by Gasteiger charge is -2.04. The first kappa shape index (κ1) is 12.4. The Hall–Kier alpha value is -2.08. The largest absolute Gasteiger partial charge is 0.335 e. The van der Waals surface area contributed by atoms with E-state index in [2.05, 4.69) is 32.3 Å². The average molecular weight is 245 g/mol. The van der Waals surface area contributed by atoms with E-state index >= 15 is 0 Å². The summed E-state index contributed by atoms with van der Waals surface area (Å²) >= 11 is 0. The summed E-state index contributed by atoms with van der Waals surface area (Å²) in [7, 11) is 1.90. The van der Waals surface area contributed by atoms with Crippen molar-refractivity contribution in [1.82, 2.24) is 25.4 Å². The molecule has 0 aliphatic rings. The van der Waals surface area contributed by atoms with Crippen molar-refractivity contribution in [2.24, 2.45) is 0 Å². The lowest BCUT2D eigenvalue weighted by atomic mass is 10.2. The van der Waals surface area contributed by atoms with E-state index in [4.69, 9.17) is 4.52 Å². The van der Waals surface area contributed by atoms with Gasteiger partial charge in [-0.3, -0.25) is 9.97 Å². The Morgan fingerprint density at radius 1 is 1.39 bits per heavy atom. The maximum absolute atomic E-state index is 5.11. The van der Waals surface area contributed by atoms with Crippen LogP contribution in [0, 0.1) is 0 Å². The van der Waals surface area contributed by atoms with Gasteiger partial charge in [0.2, 0.25) is 0 Å². The van der Waals surface area contributed by atoms with E-state index in [1.807, 2.05) is 7.05 Å². The van der Waals surface area contributed by atoms with Gasteiger partial charge in [-0.2, -0.15) is 4.98 Å². The van der Waals surface area contributed by atoms with Gasteiger partial charge >= 0.3 is 0 Å². The SMILES string of the molecule is CNC(C)Cc1noc(/C=C/c2cnccn2)n1. The fourth-order valence-electron chi connectivity index (χ4n) is 1.35. The fourth-order valence-corrected chi connectivity index (χ4v) is 1.35. The Kier molecular flexibility index (Phi) is 4.14. The Bertz CT molecular complexity index is 508. The molecule has 0 bridgehead atoms. The monoisotopic (exact) mass is 245 g/mol. The Morgan fingerprint density at radius 2 is 2.28 bits per heavy atom. The van der Waals surface area contributed by atoms with Crippen LogP contribution in [0.2, 0.25) is 0 Å². The highest BCUT2D eigenvalue weighted by molar-refractivity contribution is 5.63. The molecule has 0 aliphatic carbocycles. The molecule has 0 saturated heterocycles. The molecular formula is C12H15N5O. The molecule has 0 spiro atoms. The van der Waals surface area contributed by atoms with Crippen LogP contribution in [-0.2, 0) is 6.42 Å². The molecule has 0 radical (unpaired) electrons. The minimum atomic E-state index is 0.319. The van der Waals surface area contributed by atoms with Gasteiger partial charge in [-0.15, -0.1) is 0 Å². The Morgan fingerprint density at radius 3 is 3.00 bits per heavy atom. The van der Waals surface area contributed by atoms with Gasteiger partial charge in [-0.25, -0.2) is 0 Å². The van der Waals surface area contributed by atoms with Crippen LogP contribution in [0.25, 0.3) is 12.2 Å². The second-order valence-corrected chi connectivity index (χ2v) is 3.91. The number of nitrogens with zero attached hydrogens (tertiary/aromatic N) is 4. The molecule has 18 heavy (non-hydrogen) atoms. The summed E-state index contributed by atoms with van der Waals surface area (Å²) in [4.78, 5) is 12.3. The molecule has 2 aromatic heterocycles. The van der Waals surface area contributed by atoms with Crippen LogP contribution in [0.5, 0.6) is 0 Å². The molecule has 2 heterocycles. The summed E-state index contributed by atoms with van der Waals surface area (Å²) in [5.74, 6) is 1.16. The van der Waals surface area contributed by atoms with Gasteiger partial charge in [0, 0.05) is 30.9 Å². The average Bonchev–Trinajstić information content (AvgIpc) is 2.85. The third-order valence-electron chi connectivity index (χ3n) is 2.45. The molecule has 0 aromatic carbocycles. The first-order chi connectivity index (χ1) is 8.78. The zero-order chi connectivity index (χ0) is 12.8. The maximum Gasteiger partial charge on any atom is 0.250 e. The van der Waals surface area contributed by atoms with Gasteiger partial charge in [0.05, 0.1) is 11.9 Å². The highest BCUT2D eigenvalue weighted by atomic mass is 16.5. The summed E-state index contributed by atoms with van der Waals surface area (Å²) < 4.78 is 5.11. The van der Waals surface area contributed by atoms with E-state index in [1.54, 1.807) is 30.7 Å². The highest BCUT2D eigenvalue weighted by Crippen LogP contribution is 2.05. The molecule has 0 saturated carbocycles. The third-order valence-corrected chi connectivity index (χ3v) is 2.45. The lowest BCUT2D eigenvalue weighted by molar-refractivity contribution is 0.400. The molecule has 0 fully saturated rings. The summed E-state index contributed by atoms with van der Waals surface area (Å²) in [6.07, 6.45) is 9.17. The molecule has 94 valence electrons. The number of hydrogen-bond donors (Lipinski definition) is 1. The van der Waals surface area contributed by atoms with E-state index < -0.39 is 0 Å². The predicted molar refractivity (Wildman–Crippen MR) is 67.5 cm³/mol. The van der Waals surface area contributed by atoms with Crippen molar-refractivity contribution in [2.75, 3.05) is 7.05 Å². The van der Waals surface area contributed by atoms with Gasteiger partial charge in [-0.1, -0.05) is 5.16 Å². The van der Waals surface area contributed by atoms with Crippen LogP contribution in [0.1, 0.15) is 24.3 Å². The second-order valence-electron chi connectivity index (χ2n) is 3.91. The lowest BCUT2D eigenvalue weighted by Crippen LogP contribution is -2.24. The van der Waals surface area contributed by atoms with Gasteiger partial charge in [-0.05, 0) is 20.0 Å². The van der Waals surface area contributed by atoms with Crippen LogP contribution >= 0.6 is 0 Å². The predicted octanol–water partition coefficient (Wildman–Crippen LogP) is 1.18. The Balaban J connectivity index is 2.00. The Labute approximate surface area is 105 Å². The number of nitrogens with one attached hydrogen (secondary N) is 1. The molecule has 0 amide bonds. The smallest absolute Gasteiger partial charge is 0.250 e. The molecule has 2 rings (SSSR count). The number of rotatable bonds is 5. The van der Waals surface area contributed by atoms with Crippen molar-refractivity contribution in [2.45, 2.75) is 19.4 Å². The standard InChI is InChI=1S/C12H15N5O/c1-9(13-2)7-11-16-12(18-17-11)4-3-10-8-14-5-6-15-10/h3-6,8-9,13H,7H2,1-2H3/b4-3+. The zero-order valence-corrected chi connectivity index (χ0v) is 10.4. The quantitative estimate of drug-likeness (QED) is 0.852. The van der Waals surface area contributed by atoms with Gasteiger partial charge in [0.1, 0.15) is 0 Å². The second kappa shape index (κ2) is 6.02. The molecule has 1 N–H and O–H groups in total. The normalized spacial score (nSPS) is 13.0. The summed E-state index contributed by atoms with van der Waals surface area (Å²) in [5, 5.41) is 7.03. The van der Waals surface area contributed by atoms with E-state index in [1.165, 1.54) is 0 Å². The third kappa shape index (κ3) is 3.46. The van der Waals surface area contributed by atoms with Crippen LogP contribution < -0.4 is 5.32 Å². The van der Waals surface area contributed by atoms with Crippen molar-refractivity contribution in [3.8, 4) is 0 Å². The molecule has 6 heteroatoms. The van der Waals surface area contributed by atoms with Gasteiger partial charge in [0.15, 0.2) is 5.82 Å². The summed E-state index contributed by atoms with van der Waals surface area (Å²) in [6.45, 7) is 2.06. The first-order valence-electron chi connectivity index (χ1n) is 5.72. The number of likely N-dealkylation sites (N-methyl/N-ethyl adjacent to an activating group) is 1. The van der Waals surface area contributed by atoms with Crippen molar-refractivity contribution in [1.29, 1.82) is 0 Å². The fraction of sp³-hybridized carbons (Fsp3) is 0.333. The van der Waals surface area contributed by atoms with Crippen LogP contribution in [0.15, 0.2) is 23.1 Å². The number of hydrogen-bond acceptors (Lipinski definition) is 6. The molecule has 0 aliphatic heterocycles. The zero-order valence-electron chi connectivity index (χ0n) is 10.4.